The Morgan fingerprint density at radius 1 is 0.920 bits per heavy atom. The Bertz CT molecular complexity index is 1100. The summed E-state index contributed by atoms with van der Waals surface area (Å²) in [6, 6.07) is 10.9. The first kappa shape index (κ1) is 19.1. The van der Waals surface area contributed by atoms with Crippen LogP contribution in [-0.2, 0) is 20.2 Å². The van der Waals surface area contributed by atoms with Crippen LogP contribution < -0.4 is 0 Å². The molecule has 2 N–H and O–H groups in total. The van der Waals surface area contributed by atoms with Crippen LogP contribution in [0.4, 0.5) is 0 Å². The zero-order chi connectivity index (χ0) is 18.7. The molecule has 0 atom stereocenters. The van der Waals surface area contributed by atoms with Crippen LogP contribution in [0.2, 0.25) is 0 Å². The molecule has 0 heterocycles. The summed E-state index contributed by atoms with van der Waals surface area (Å²) < 4.78 is 64.7. The number of hydrogen-bond acceptors (Lipinski definition) is 6. The summed E-state index contributed by atoms with van der Waals surface area (Å²) in [6.45, 7) is 0. The summed E-state index contributed by atoms with van der Waals surface area (Å²) in [7, 11) is -9.07. The van der Waals surface area contributed by atoms with Crippen LogP contribution in [0.5, 0.6) is 0 Å². The summed E-state index contributed by atoms with van der Waals surface area (Å²) >= 11 is 4.55. The standard InChI is InChI=1S/C15H11NO6S3/c17-24(18,19)14-7-3-1-5-11(14)9-13(16-10-23)12-6-2-4-8-15(12)25(20,21)22/h1-9H,(H,17,18,19)(H,20,21,22). The van der Waals surface area contributed by atoms with Gasteiger partial charge in [-0.1, -0.05) is 36.4 Å². The van der Waals surface area contributed by atoms with Gasteiger partial charge in [0.1, 0.15) is 9.79 Å². The fourth-order valence-electron chi connectivity index (χ4n) is 2.10. The Hall–Kier alpha value is -2.20. The molecule has 2 aromatic carbocycles. The van der Waals surface area contributed by atoms with E-state index in [1.54, 1.807) is 0 Å². The first-order chi connectivity index (χ1) is 11.6. The van der Waals surface area contributed by atoms with Gasteiger partial charge in [-0.25, -0.2) is 0 Å². The summed E-state index contributed by atoms with van der Waals surface area (Å²) in [5, 5.41) is 2.08. The molecule has 0 bridgehead atoms. The van der Waals surface area contributed by atoms with Crippen molar-refractivity contribution in [3.8, 4) is 0 Å². The van der Waals surface area contributed by atoms with Gasteiger partial charge in [0, 0.05) is 5.56 Å². The van der Waals surface area contributed by atoms with E-state index in [9.17, 15) is 25.9 Å². The van der Waals surface area contributed by atoms with E-state index in [0.717, 1.165) is 6.07 Å². The highest BCUT2D eigenvalue weighted by atomic mass is 32.2. The van der Waals surface area contributed by atoms with Crippen LogP contribution in [0.15, 0.2) is 63.3 Å². The molecule has 0 aromatic heterocycles. The van der Waals surface area contributed by atoms with Crippen molar-refractivity contribution in [2.24, 2.45) is 4.99 Å². The molecule has 0 amide bonds. The van der Waals surface area contributed by atoms with Crippen LogP contribution in [0.1, 0.15) is 11.1 Å². The molecule has 0 radical (unpaired) electrons. The van der Waals surface area contributed by atoms with Crippen molar-refractivity contribution in [3.63, 3.8) is 0 Å². The van der Waals surface area contributed by atoms with Crippen molar-refractivity contribution in [3.05, 3.63) is 59.7 Å². The van der Waals surface area contributed by atoms with E-state index >= 15 is 0 Å². The maximum absolute atomic E-state index is 11.5. The molecule has 0 spiro atoms. The Balaban J connectivity index is 2.80. The summed E-state index contributed by atoms with van der Waals surface area (Å²) in [6.07, 6.45) is 1.21. The van der Waals surface area contributed by atoms with E-state index in [4.69, 9.17) is 0 Å². The van der Waals surface area contributed by atoms with Gasteiger partial charge >= 0.3 is 0 Å². The number of aliphatic imine (C=N–C) groups is 1. The lowest BCUT2D eigenvalue weighted by Gasteiger charge is -2.08. The monoisotopic (exact) mass is 397 g/mol. The van der Waals surface area contributed by atoms with Gasteiger partial charge in [-0.05, 0) is 36.0 Å². The molecular formula is C15H11NO6S3. The zero-order valence-corrected chi connectivity index (χ0v) is 14.8. The fourth-order valence-corrected chi connectivity index (χ4v) is 3.58. The van der Waals surface area contributed by atoms with Crippen LogP contribution in [0, 0.1) is 0 Å². The van der Waals surface area contributed by atoms with Crippen molar-refractivity contribution >= 4 is 49.4 Å². The Morgan fingerprint density at radius 2 is 1.44 bits per heavy atom. The molecule has 7 nitrogen and oxygen atoms in total. The van der Waals surface area contributed by atoms with E-state index in [1.165, 1.54) is 48.5 Å². The predicted octanol–water partition coefficient (Wildman–Crippen LogP) is 2.78. The topological polar surface area (TPSA) is 121 Å². The molecule has 2 aromatic rings. The van der Waals surface area contributed by atoms with Crippen molar-refractivity contribution in [1.82, 2.24) is 0 Å². The number of nitrogens with zero attached hydrogens (tertiary/aromatic N) is 1. The molecule has 130 valence electrons. The van der Waals surface area contributed by atoms with Crippen molar-refractivity contribution in [2.45, 2.75) is 9.79 Å². The van der Waals surface area contributed by atoms with Crippen LogP contribution in [0.25, 0.3) is 11.8 Å². The Kier molecular flexibility index (Phi) is 5.63. The van der Waals surface area contributed by atoms with E-state index in [-0.39, 0.29) is 16.8 Å². The number of benzene rings is 2. The number of isothiocyanates is 1. The largest absolute Gasteiger partial charge is 0.295 e. The molecule has 0 fully saturated rings. The summed E-state index contributed by atoms with van der Waals surface area (Å²) in [4.78, 5) is 2.94. The van der Waals surface area contributed by atoms with Crippen molar-refractivity contribution in [1.29, 1.82) is 0 Å². The lowest BCUT2D eigenvalue weighted by atomic mass is 10.1. The minimum Gasteiger partial charge on any atom is -0.282 e. The number of hydrogen-bond donors (Lipinski definition) is 2. The SMILES string of the molecule is O=S(=O)(O)c1ccccc1C=C(N=C=S)c1ccccc1S(=O)(=O)O. The average molecular weight is 397 g/mol. The first-order valence-corrected chi connectivity index (χ1v) is 9.86. The van der Waals surface area contributed by atoms with Gasteiger partial charge in [-0.2, -0.15) is 21.8 Å². The molecule has 0 saturated carbocycles. The highest BCUT2D eigenvalue weighted by Crippen LogP contribution is 2.28. The summed E-state index contributed by atoms with van der Waals surface area (Å²) in [5.41, 5.74) is -0.00837. The number of rotatable bonds is 5. The summed E-state index contributed by atoms with van der Waals surface area (Å²) in [5.74, 6) is 0. The fraction of sp³-hybridized carbons (Fsp3) is 0. The van der Waals surface area contributed by atoms with E-state index in [1.807, 2.05) is 0 Å². The van der Waals surface area contributed by atoms with Crippen LogP contribution in [0.3, 0.4) is 0 Å². The van der Waals surface area contributed by atoms with Gasteiger partial charge in [-0.3, -0.25) is 9.11 Å². The minimum absolute atomic E-state index is 0.00695. The van der Waals surface area contributed by atoms with Crippen molar-refractivity contribution in [2.75, 3.05) is 0 Å². The minimum atomic E-state index is -4.56. The van der Waals surface area contributed by atoms with E-state index in [2.05, 4.69) is 22.4 Å². The Labute approximate surface area is 149 Å². The first-order valence-electron chi connectivity index (χ1n) is 6.57. The van der Waals surface area contributed by atoms with E-state index in [0.29, 0.717) is 0 Å². The molecule has 0 saturated heterocycles. The van der Waals surface area contributed by atoms with Crippen LogP contribution in [-0.4, -0.2) is 31.1 Å². The highest BCUT2D eigenvalue weighted by molar-refractivity contribution is 7.86. The third kappa shape index (κ3) is 4.67. The van der Waals surface area contributed by atoms with Gasteiger partial charge in [-0.15, -0.1) is 0 Å². The van der Waals surface area contributed by atoms with Gasteiger partial charge < -0.3 is 0 Å². The van der Waals surface area contributed by atoms with Gasteiger partial charge in [0.2, 0.25) is 0 Å². The van der Waals surface area contributed by atoms with Gasteiger partial charge in [0.15, 0.2) is 0 Å². The molecule has 0 aliphatic heterocycles. The second-order valence-corrected chi connectivity index (χ2v) is 7.68. The van der Waals surface area contributed by atoms with Gasteiger partial charge in [0.25, 0.3) is 20.2 Å². The molecule has 25 heavy (non-hydrogen) atoms. The normalized spacial score (nSPS) is 12.5. The van der Waals surface area contributed by atoms with Crippen LogP contribution >= 0.6 is 12.2 Å². The third-order valence-electron chi connectivity index (χ3n) is 3.10. The molecule has 10 heteroatoms. The smallest absolute Gasteiger partial charge is 0.282 e. The molecule has 2 rings (SSSR count). The third-order valence-corrected chi connectivity index (χ3v) is 5.03. The quantitative estimate of drug-likeness (QED) is 0.344. The maximum atomic E-state index is 11.5. The zero-order valence-electron chi connectivity index (χ0n) is 12.4. The molecule has 0 aliphatic rings. The number of thiocarbonyl (C=S) groups is 1. The highest BCUT2D eigenvalue weighted by Gasteiger charge is 2.19. The maximum Gasteiger partial charge on any atom is 0.295 e. The molecule has 0 unspecified atom stereocenters. The lowest BCUT2D eigenvalue weighted by Crippen LogP contribution is -2.03. The second kappa shape index (κ2) is 7.36. The van der Waals surface area contributed by atoms with Gasteiger partial charge in [0.05, 0.1) is 10.9 Å². The van der Waals surface area contributed by atoms with Crippen molar-refractivity contribution < 1.29 is 25.9 Å². The molecular weight excluding hydrogens is 386 g/mol. The van der Waals surface area contributed by atoms with E-state index < -0.39 is 30.0 Å². The lowest BCUT2D eigenvalue weighted by molar-refractivity contribution is 0.480. The Morgan fingerprint density at radius 3 is 2.00 bits per heavy atom. The average Bonchev–Trinajstić information content (AvgIpc) is 2.53. The predicted molar refractivity (Wildman–Crippen MR) is 95.4 cm³/mol. The second-order valence-electron chi connectivity index (χ2n) is 4.72. The molecule has 0 aliphatic carbocycles.